The van der Waals surface area contributed by atoms with E-state index in [2.05, 4.69) is 13.0 Å². The van der Waals surface area contributed by atoms with Crippen LogP contribution < -0.4 is 5.73 Å². The number of nitrogens with two attached hydrogens (primary N) is 1. The predicted molar refractivity (Wildman–Crippen MR) is 65.0 cm³/mol. The Hall–Kier alpha value is -0.390. The molecule has 2 N–H and O–H groups in total. The topological polar surface area (TPSA) is 60.2 Å². The summed E-state index contributed by atoms with van der Waals surface area (Å²) in [4.78, 5) is 1.13. The first-order chi connectivity index (χ1) is 6.94. The number of sulfone groups is 1. The maximum absolute atomic E-state index is 11.0. The second-order valence-corrected chi connectivity index (χ2v) is 6.90. The van der Waals surface area contributed by atoms with Gasteiger partial charge in [-0.3, -0.25) is 0 Å². The van der Waals surface area contributed by atoms with Crippen molar-refractivity contribution in [1.29, 1.82) is 0 Å². The van der Waals surface area contributed by atoms with Crippen molar-refractivity contribution in [1.82, 2.24) is 0 Å². The summed E-state index contributed by atoms with van der Waals surface area (Å²) in [5.74, 6) is 0.162. The van der Waals surface area contributed by atoms with Gasteiger partial charge < -0.3 is 5.73 Å². The van der Waals surface area contributed by atoms with Crippen molar-refractivity contribution in [3.05, 3.63) is 21.9 Å². The molecule has 1 heterocycles. The van der Waals surface area contributed by atoms with Gasteiger partial charge in [-0.15, -0.1) is 11.3 Å². The molecule has 1 aromatic heterocycles. The van der Waals surface area contributed by atoms with Gasteiger partial charge in [-0.1, -0.05) is 6.92 Å². The van der Waals surface area contributed by atoms with E-state index >= 15 is 0 Å². The molecule has 0 aliphatic heterocycles. The largest absolute Gasteiger partial charge is 0.323 e. The van der Waals surface area contributed by atoms with Crippen LogP contribution in [-0.4, -0.2) is 20.4 Å². The minimum atomic E-state index is -2.91. The Morgan fingerprint density at radius 3 is 2.73 bits per heavy atom. The fourth-order valence-corrected chi connectivity index (χ4v) is 3.15. The highest BCUT2D eigenvalue weighted by Crippen LogP contribution is 2.25. The molecule has 0 fully saturated rings. The van der Waals surface area contributed by atoms with Crippen LogP contribution in [0.3, 0.4) is 0 Å². The van der Waals surface area contributed by atoms with E-state index in [-0.39, 0.29) is 11.8 Å². The maximum Gasteiger partial charge on any atom is 0.147 e. The first-order valence-electron chi connectivity index (χ1n) is 4.93. The van der Waals surface area contributed by atoms with Crippen molar-refractivity contribution < 1.29 is 8.42 Å². The SMILES string of the molecule is CCc1ccsc1C(N)CCS(C)(=O)=O. The molecule has 0 saturated carbocycles. The van der Waals surface area contributed by atoms with E-state index in [1.165, 1.54) is 11.8 Å². The van der Waals surface area contributed by atoms with Gasteiger partial charge in [-0.2, -0.15) is 0 Å². The molecule has 0 bridgehead atoms. The third kappa shape index (κ3) is 3.93. The molecule has 0 aliphatic carbocycles. The van der Waals surface area contributed by atoms with Gasteiger partial charge in [-0.25, -0.2) is 8.42 Å². The van der Waals surface area contributed by atoms with E-state index in [0.29, 0.717) is 6.42 Å². The molecule has 86 valence electrons. The second-order valence-electron chi connectivity index (χ2n) is 3.69. The van der Waals surface area contributed by atoms with Crippen LogP contribution in [0.25, 0.3) is 0 Å². The van der Waals surface area contributed by atoms with Crippen molar-refractivity contribution in [2.75, 3.05) is 12.0 Å². The highest BCUT2D eigenvalue weighted by Gasteiger charge is 2.14. The summed E-state index contributed by atoms with van der Waals surface area (Å²) in [5.41, 5.74) is 7.21. The van der Waals surface area contributed by atoms with Crippen LogP contribution >= 0.6 is 11.3 Å². The van der Waals surface area contributed by atoms with Gasteiger partial charge in [-0.05, 0) is 29.9 Å². The van der Waals surface area contributed by atoms with Crippen molar-refractivity contribution >= 4 is 21.2 Å². The van der Waals surface area contributed by atoms with Crippen molar-refractivity contribution in [3.8, 4) is 0 Å². The Morgan fingerprint density at radius 2 is 2.20 bits per heavy atom. The van der Waals surface area contributed by atoms with Crippen LogP contribution in [0, 0.1) is 0 Å². The van der Waals surface area contributed by atoms with E-state index in [0.717, 1.165) is 11.3 Å². The smallest absolute Gasteiger partial charge is 0.147 e. The third-order valence-electron chi connectivity index (χ3n) is 2.30. The molecule has 5 heteroatoms. The second kappa shape index (κ2) is 5.09. The van der Waals surface area contributed by atoms with Gasteiger partial charge >= 0.3 is 0 Å². The van der Waals surface area contributed by atoms with Gasteiger partial charge in [0.05, 0.1) is 5.75 Å². The average molecular weight is 247 g/mol. The van der Waals surface area contributed by atoms with Gasteiger partial charge in [0.2, 0.25) is 0 Å². The molecule has 15 heavy (non-hydrogen) atoms. The molecule has 1 aromatic rings. The molecule has 0 saturated heterocycles. The van der Waals surface area contributed by atoms with E-state index in [1.807, 2.05) is 5.38 Å². The van der Waals surface area contributed by atoms with Gasteiger partial charge in [0.15, 0.2) is 0 Å². The zero-order valence-corrected chi connectivity index (χ0v) is 10.7. The molecule has 1 unspecified atom stereocenters. The lowest BCUT2D eigenvalue weighted by Crippen LogP contribution is -2.15. The Balaban J connectivity index is 2.65. The molecule has 0 aliphatic rings. The highest BCUT2D eigenvalue weighted by molar-refractivity contribution is 7.90. The highest BCUT2D eigenvalue weighted by atomic mass is 32.2. The number of aryl methyl sites for hydroxylation is 1. The Bertz CT molecular complexity index is 409. The van der Waals surface area contributed by atoms with Crippen LogP contribution in [0.4, 0.5) is 0 Å². The minimum absolute atomic E-state index is 0.144. The molecule has 0 radical (unpaired) electrons. The maximum atomic E-state index is 11.0. The number of thiophene rings is 1. The molecule has 0 aromatic carbocycles. The van der Waals surface area contributed by atoms with Crippen LogP contribution in [0.1, 0.15) is 29.8 Å². The summed E-state index contributed by atoms with van der Waals surface area (Å²) in [5, 5.41) is 2.01. The fraction of sp³-hybridized carbons (Fsp3) is 0.600. The van der Waals surface area contributed by atoms with Crippen LogP contribution in [0.2, 0.25) is 0 Å². The predicted octanol–water partition coefficient (Wildman–Crippen LogP) is 1.75. The summed E-state index contributed by atoms with van der Waals surface area (Å²) in [6.07, 6.45) is 2.70. The summed E-state index contributed by atoms with van der Waals surface area (Å²) in [6.45, 7) is 2.08. The zero-order valence-electron chi connectivity index (χ0n) is 9.06. The molecular weight excluding hydrogens is 230 g/mol. The van der Waals surface area contributed by atoms with Gasteiger partial charge in [0, 0.05) is 17.2 Å². The molecule has 3 nitrogen and oxygen atoms in total. The lowest BCUT2D eigenvalue weighted by Gasteiger charge is -2.10. The summed E-state index contributed by atoms with van der Waals surface area (Å²) < 4.78 is 22.0. The van der Waals surface area contributed by atoms with E-state index < -0.39 is 9.84 Å². The first kappa shape index (κ1) is 12.7. The lowest BCUT2D eigenvalue weighted by molar-refractivity contribution is 0.592. The Morgan fingerprint density at radius 1 is 1.53 bits per heavy atom. The zero-order chi connectivity index (χ0) is 11.5. The van der Waals surface area contributed by atoms with Crippen molar-refractivity contribution in [2.45, 2.75) is 25.8 Å². The lowest BCUT2D eigenvalue weighted by atomic mass is 10.1. The van der Waals surface area contributed by atoms with Gasteiger partial charge in [0.25, 0.3) is 0 Å². The van der Waals surface area contributed by atoms with E-state index in [1.54, 1.807) is 11.3 Å². The third-order valence-corrected chi connectivity index (χ3v) is 4.37. The number of rotatable bonds is 5. The van der Waals surface area contributed by atoms with E-state index in [9.17, 15) is 8.42 Å². The first-order valence-corrected chi connectivity index (χ1v) is 7.87. The standard InChI is InChI=1S/C10H17NO2S2/c1-3-8-4-6-14-10(8)9(11)5-7-15(2,12)13/h4,6,9H,3,5,7,11H2,1-2H3. The molecular formula is C10H17NO2S2. The average Bonchev–Trinajstić information content (AvgIpc) is 2.60. The van der Waals surface area contributed by atoms with Crippen LogP contribution in [0.5, 0.6) is 0 Å². The van der Waals surface area contributed by atoms with Gasteiger partial charge in [0.1, 0.15) is 9.84 Å². The minimum Gasteiger partial charge on any atom is -0.323 e. The number of hydrogen-bond donors (Lipinski definition) is 1. The van der Waals surface area contributed by atoms with Crippen molar-refractivity contribution in [3.63, 3.8) is 0 Å². The Kier molecular flexibility index (Phi) is 4.31. The van der Waals surface area contributed by atoms with Crippen LogP contribution in [0.15, 0.2) is 11.4 Å². The quantitative estimate of drug-likeness (QED) is 0.862. The van der Waals surface area contributed by atoms with E-state index in [4.69, 9.17) is 5.73 Å². The van der Waals surface area contributed by atoms with Crippen molar-refractivity contribution in [2.24, 2.45) is 5.73 Å². The molecule has 0 amide bonds. The summed E-state index contributed by atoms with van der Waals surface area (Å²) in [6, 6.07) is 1.91. The summed E-state index contributed by atoms with van der Waals surface area (Å²) in [7, 11) is -2.91. The summed E-state index contributed by atoms with van der Waals surface area (Å²) >= 11 is 1.61. The molecule has 1 atom stereocenters. The molecule has 1 rings (SSSR count). The molecule has 0 spiro atoms. The fourth-order valence-electron chi connectivity index (χ4n) is 1.44. The monoisotopic (exact) mass is 247 g/mol. The van der Waals surface area contributed by atoms with Crippen LogP contribution in [-0.2, 0) is 16.3 Å². The number of hydrogen-bond acceptors (Lipinski definition) is 4. The normalized spacial score (nSPS) is 14.1. The Labute approximate surface area is 95.2 Å².